The van der Waals surface area contributed by atoms with Crippen LogP contribution in [-0.2, 0) is 14.6 Å². The maximum absolute atomic E-state index is 12.2. The van der Waals surface area contributed by atoms with Crippen LogP contribution in [0.25, 0.3) is 0 Å². The Balaban J connectivity index is 2.08. The lowest BCUT2D eigenvalue weighted by Crippen LogP contribution is -2.32. The van der Waals surface area contributed by atoms with Gasteiger partial charge in [0.1, 0.15) is 5.75 Å². The standard InChI is InChI=1S/C13H18N2O3S/c1-9-11(14)3-2-4-12(9)19(17,18)8-13(16)15-7-10-5-6-10/h2-4,10H,5-8,14H2,1H3,(H,15,16). The molecule has 104 valence electrons. The second-order valence-corrected chi connectivity index (χ2v) is 6.93. The van der Waals surface area contributed by atoms with Crippen molar-refractivity contribution in [1.29, 1.82) is 0 Å². The number of nitrogens with two attached hydrogens (primary N) is 1. The first kappa shape index (κ1) is 13.9. The van der Waals surface area contributed by atoms with Gasteiger partial charge in [0.15, 0.2) is 9.84 Å². The zero-order valence-electron chi connectivity index (χ0n) is 10.8. The van der Waals surface area contributed by atoms with E-state index in [4.69, 9.17) is 5.73 Å². The summed E-state index contributed by atoms with van der Waals surface area (Å²) in [6, 6.07) is 4.70. The maximum Gasteiger partial charge on any atom is 0.235 e. The van der Waals surface area contributed by atoms with Crippen LogP contribution in [0.5, 0.6) is 0 Å². The minimum absolute atomic E-state index is 0.133. The molecular weight excluding hydrogens is 264 g/mol. The molecule has 0 atom stereocenters. The van der Waals surface area contributed by atoms with Gasteiger partial charge in [0.05, 0.1) is 4.90 Å². The Kier molecular flexibility index (Phi) is 3.80. The Labute approximate surface area is 113 Å². The molecule has 0 unspecified atom stereocenters. The van der Waals surface area contributed by atoms with Crippen molar-refractivity contribution in [2.75, 3.05) is 18.0 Å². The lowest BCUT2D eigenvalue weighted by atomic mass is 10.2. The second kappa shape index (κ2) is 5.21. The summed E-state index contributed by atoms with van der Waals surface area (Å²) in [5.74, 6) is -0.446. The summed E-state index contributed by atoms with van der Waals surface area (Å²) in [6.07, 6.45) is 2.22. The first-order valence-electron chi connectivity index (χ1n) is 6.24. The molecule has 0 heterocycles. The molecule has 3 N–H and O–H groups in total. The Morgan fingerprint density at radius 2 is 2.11 bits per heavy atom. The largest absolute Gasteiger partial charge is 0.398 e. The molecule has 6 heteroatoms. The maximum atomic E-state index is 12.2. The van der Waals surface area contributed by atoms with Crippen LogP contribution in [0.4, 0.5) is 5.69 Å². The average molecular weight is 282 g/mol. The van der Waals surface area contributed by atoms with Crippen molar-refractivity contribution in [3.63, 3.8) is 0 Å². The third kappa shape index (κ3) is 3.47. The SMILES string of the molecule is Cc1c(N)cccc1S(=O)(=O)CC(=O)NCC1CC1. The van der Waals surface area contributed by atoms with Crippen LogP contribution in [0.3, 0.4) is 0 Å². The van der Waals surface area contributed by atoms with Gasteiger partial charge >= 0.3 is 0 Å². The third-order valence-electron chi connectivity index (χ3n) is 3.27. The summed E-state index contributed by atoms with van der Waals surface area (Å²) >= 11 is 0. The van der Waals surface area contributed by atoms with Crippen molar-refractivity contribution >= 4 is 21.4 Å². The zero-order valence-corrected chi connectivity index (χ0v) is 11.7. The van der Waals surface area contributed by atoms with Gasteiger partial charge in [0.25, 0.3) is 0 Å². The highest BCUT2D eigenvalue weighted by atomic mass is 32.2. The highest BCUT2D eigenvalue weighted by Gasteiger charge is 2.25. The highest BCUT2D eigenvalue weighted by molar-refractivity contribution is 7.92. The summed E-state index contributed by atoms with van der Waals surface area (Å²) in [4.78, 5) is 11.8. The average Bonchev–Trinajstić information content (AvgIpc) is 3.13. The molecule has 1 aromatic carbocycles. The number of sulfone groups is 1. The van der Waals surface area contributed by atoms with E-state index in [1.54, 1.807) is 19.1 Å². The first-order chi connectivity index (χ1) is 8.90. The Hall–Kier alpha value is -1.56. The van der Waals surface area contributed by atoms with Gasteiger partial charge in [-0.1, -0.05) is 6.07 Å². The molecular formula is C13H18N2O3S. The number of hydrogen-bond acceptors (Lipinski definition) is 4. The van der Waals surface area contributed by atoms with Gasteiger partial charge in [0, 0.05) is 12.2 Å². The third-order valence-corrected chi connectivity index (χ3v) is 5.02. The van der Waals surface area contributed by atoms with Crippen molar-refractivity contribution in [3.8, 4) is 0 Å². The molecule has 1 saturated carbocycles. The number of anilines is 1. The van der Waals surface area contributed by atoms with E-state index in [1.165, 1.54) is 6.07 Å². The molecule has 1 aromatic rings. The fourth-order valence-corrected chi connectivity index (χ4v) is 3.32. The lowest BCUT2D eigenvalue weighted by Gasteiger charge is -2.09. The normalized spacial score (nSPS) is 15.2. The van der Waals surface area contributed by atoms with Crippen molar-refractivity contribution in [3.05, 3.63) is 23.8 Å². The highest BCUT2D eigenvalue weighted by Crippen LogP contribution is 2.27. The Morgan fingerprint density at radius 1 is 1.42 bits per heavy atom. The van der Waals surface area contributed by atoms with E-state index < -0.39 is 21.5 Å². The second-order valence-electron chi connectivity index (χ2n) is 4.98. The Morgan fingerprint density at radius 3 is 2.74 bits per heavy atom. The summed E-state index contributed by atoms with van der Waals surface area (Å²) in [5.41, 5.74) is 6.60. The molecule has 1 amide bonds. The fourth-order valence-electron chi connectivity index (χ4n) is 1.85. The van der Waals surface area contributed by atoms with Crippen LogP contribution in [0.1, 0.15) is 18.4 Å². The topological polar surface area (TPSA) is 89.3 Å². The summed E-state index contributed by atoms with van der Waals surface area (Å²) in [6.45, 7) is 2.22. The van der Waals surface area contributed by atoms with Crippen LogP contribution < -0.4 is 11.1 Å². The molecule has 19 heavy (non-hydrogen) atoms. The first-order valence-corrected chi connectivity index (χ1v) is 7.90. The number of carbonyl (C=O) groups is 1. The van der Waals surface area contributed by atoms with Gasteiger partial charge in [-0.3, -0.25) is 4.79 Å². The predicted molar refractivity (Wildman–Crippen MR) is 73.4 cm³/mol. The number of rotatable bonds is 5. The molecule has 1 aliphatic carbocycles. The quantitative estimate of drug-likeness (QED) is 0.784. The number of nitrogens with one attached hydrogen (secondary N) is 1. The minimum atomic E-state index is -3.63. The molecule has 0 bridgehead atoms. The van der Waals surface area contributed by atoms with Gasteiger partial charge < -0.3 is 11.1 Å². The zero-order chi connectivity index (χ0) is 14.0. The van der Waals surface area contributed by atoms with E-state index in [2.05, 4.69) is 5.32 Å². The van der Waals surface area contributed by atoms with Crippen LogP contribution in [-0.4, -0.2) is 26.6 Å². The van der Waals surface area contributed by atoms with Crippen LogP contribution in [0.2, 0.25) is 0 Å². The number of amides is 1. The van der Waals surface area contributed by atoms with Crippen molar-refractivity contribution in [2.24, 2.45) is 5.92 Å². The molecule has 2 rings (SSSR count). The molecule has 1 fully saturated rings. The van der Waals surface area contributed by atoms with E-state index >= 15 is 0 Å². The minimum Gasteiger partial charge on any atom is -0.398 e. The number of hydrogen-bond donors (Lipinski definition) is 2. The van der Waals surface area contributed by atoms with Gasteiger partial charge in [-0.2, -0.15) is 0 Å². The number of carbonyl (C=O) groups excluding carboxylic acids is 1. The van der Waals surface area contributed by atoms with E-state index in [9.17, 15) is 13.2 Å². The fraction of sp³-hybridized carbons (Fsp3) is 0.462. The molecule has 0 radical (unpaired) electrons. The molecule has 0 aromatic heterocycles. The predicted octanol–water partition coefficient (Wildman–Crippen LogP) is 0.877. The smallest absolute Gasteiger partial charge is 0.235 e. The van der Waals surface area contributed by atoms with Crippen molar-refractivity contribution < 1.29 is 13.2 Å². The van der Waals surface area contributed by atoms with E-state index in [0.29, 0.717) is 23.7 Å². The molecule has 5 nitrogen and oxygen atoms in total. The summed E-state index contributed by atoms with van der Waals surface area (Å²) in [5, 5.41) is 2.66. The number of benzene rings is 1. The summed E-state index contributed by atoms with van der Waals surface area (Å²) < 4.78 is 24.3. The monoisotopic (exact) mass is 282 g/mol. The Bertz CT molecular complexity index is 592. The van der Waals surface area contributed by atoms with E-state index in [0.717, 1.165) is 12.8 Å². The molecule has 0 aliphatic heterocycles. The van der Waals surface area contributed by atoms with Crippen LogP contribution in [0, 0.1) is 12.8 Å². The molecule has 0 spiro atoms. The van der Waals surface area contributed by atoms with Gasteiger partial charge in [0.2, 0.25) is 5.91 Å². The van der Waals surface area contributed by atoms with Gasteiger partial charge in [-0.15, -0.1) is 0 Å². The molecule has 0 saturated heterocycles. The van der Waals surface area contributed by atoms with Crippen LogP contribution in [0.15, 0.2) is 23.1 Å². The van der Waals surface area contributed by atoms with E-state index in [-0.39, 0.29) is 4.90 Å². The number of nitrogen functional groups attached to an aromatic ring is 1. The lowest BCUT2D eigenvalue weighted by molar-refractivity contribution is -0.118. The van der Waals surface area contributed by atoms with Gasteiger partial charge in [-0.05, 0) is 43.4 Å². The van der Waals surface area contributed by atoms with Crippen molar-refractivity contribution in [1.82, 2.24) is 5.32 Å². The van der Waals surface area contributed by atoms with Crippen molar-refractivity contribution in [2.45, 2.75) is 24.7 Å². The molecule has 1 aliphatic rings. The summed E-state index contributed by atoms with van der Waals surface area (Å²) in [7, 11) is -3.63. The van der Waals surface area contributed by atoms with Gasteiger partial charge in [-0.25, -0.2) is 8.42 Å². The van der Waals surface area contributed by atoms with E-state index in [1.807, 2.05) is 0 Å². The van der Waals surface area contributed by atoms with Crippen LogP contribution >= 0.6 is 0 Å².